The van der Waals surface area contributed by atoms with Gasteiger partial charge in [0.15, 0.2) is 0 Å². The van der Waals surface area contributed by atoms with Gasteiger partial charge in [-0.1, -0.05) is 0 Å². The van der Waals surface area contributed by atoms with E-state index in [1.54, 1.807) is 0 Å². The average Bonchev–Trinajstić information content (AvgIpc) is 2.19. The second-order valence-corrected chi connectivity index (χ2v) is 3.16. The molecule has 17 heavy (non-hydrogen) atoms. The van der Waals surface area contributed by atoms with Crippen LogP contribution >= 0.6 is 0 Å². The van der Waals surface area contributed by atoms with Gasteiger partial charge in [0.2, 0.25) is 5.91 Å². The minimum absolute atomic E-state index is 0.284. The fraction of sp³-hybridized carbons (Fsp3) is 0.300. The lowest BCUT2D eigenvalue weighted by Gasteiger charge is -2.08. The van der Waals surface area contributed by atoms with Crippen LogP contribution in [-0.2, 0) is 9.53 Å². The Bertz CT molecular complexity index is 375. The molecule has 0 aliphatic rings. The molecule has 7 heteroatoms. The minimum atomic E-state index is -4.46. The molecule has 0 bridgehead atoms. The van der Waals surface area contributed by atoms with Crippen molar-refractivity contribution in [2.75, 3.05) is 18.5 Å². The average molecular weight is 251 g/mol. The normalized spacial score (nSPS) is 11.3. The van der Waals surface area contributed by atoms with E-state index in [-0.39, 0.29) is 5.69 Å². The van der Waals surface area contributed by atoms with Gasteiger partial charge >= 0.3 is 6.18 Å². The topological polar surface area (TPSA) is 38.3 Å². The molecule has 1 rings (SSSR count). The summed E-state index contributed by atoms with van der Waals surface area (Å²) >= 11 is 0. The third kappa shape index (κ3) is 5.86. The van der Waals surface area contributed by atoms with Gasteiger partial charge in [0.05, 0.1) is 0 Å². The van der Waals surface area contributed by atoms with Gasteiger partial charge in [-0.3, -0.25) is 4.79 Å². The van der Waals surface area contributed by atoms with Crippen LogP contribution < -0.4 is 5.32 Å². The van der Waals surface area contributed by atoms with Crippen molar-refractivity contribution in [1.29, 1.82) is 0 Å². The highest BCUT2D eigenvalue weighted by Crippen LogP contribution is 2.14. The Morgan fingerprint density at radius 1 is 1.24 bits per heavy atom. The van der Waals surface area contributed by atoms with E-state index in [0.29, 0.717) is 0 Å². The summed E-state index contributed by atoms with van der Waals surface area (Å²) in [6.45, 7) is -2.19. The van der Waals surface area contributed by atoms with Crippen molar-refractivity contribution in [1.82, 2.24) is 0 Å². The number of amides is 1. The third-order valence-electron chi connectivity index (χ3n) is 1.63. The van der Waals surface area contributed by atoms with Crippen molar-refractivity contribution < 1.29 is 27.1 Å². The van der Waals surface area contributed by atoms with Crippen LogP contribution in [0.1, 0.15) is 0 Å². The molecule has 0 heterocycles. The number of benzene rings is 1. The van der Waals surface area contributed by atoms with Crippen LogP contribution in [0.2, 0.25) is 0 Å². The Balaban J connectivity index is 2.32. The molecule has 0 saturated heterocycles. The molecular weight excluding hydrogens is 242 g/mol. The van der Waals surface area contributed by atoms with Gasteiger partial charge in [-0.15, -0.1) is 0 Å². The molecule has 0 saturated carbocycles. The summed E-state index contributed by atoms with van der Waals surface area (Å²) < 4.78 is 51.7. The van der Waals surface area contributed by atoms with Gasteiger partial charge in [-0.05, 0) is 24.3 Å². The second-order valence-electron chi connectivity index (χ2n) is 3.16. The zero-order chi connectivity index (χ0) is 12.9. The fourth-order valence-electron chi connectivity index (χ4n) is 0.990. The lowest BCUT2D eigenvalue weighted by molar-refractivity contribution is -0.174. The molecule has 0 aliphatic heterocycles. The van der Waals surface area contributed by atoms with E-state index in [4.69, 9.17) is 0 Å². The number of alkyl halides is 3. The lowest BCUT2D eigenvalue weighted by Crippen LogP contribution is -2.23. The maximum absolute atomic E-state index is 12.5. The van der Waals surface area contributed by atoms with E-state index in [1.807, 2.05) is 0 Å². The summed E-state index contributed by atoms with van der Waals surface area (Å²) in [5.74, 6) is -1.21. The zero-order valence-corrected chi connectivity index (χ0v) is 8.55. The standard InChI is InChI=1S/C10H9F4NO2/c11-7-1-3-8(4-2-7)15-9(16)5-17-6-10(12,13)14/h1-4H,5-6H2,(H,15,16). The maximum Gasteiger partial charge on any atom is 0.411 e. The smallest absolute Gasteiger partial charge is 0.362 e. The molecule has 1 aromatic rings. The number of carbonyl (C=O) groups is 1. The van der Waals surface area contributed by atoms with Crippen LogP contribution in [0.3, 0.4) is 0 Å². The summed E-state index contributed by atoms with van der Waals surface area (Å²) in [4.78, 5) is 11.1. The summed E-state index contributed by atoms with van der Waals surface area (Å²) in [6.07, 6.45) is -4.46. The van der Waals surface area contributed by atoms with Gasteiger partial charge in [-0.25, -0.2) is 4.39 Å². The molecule has 94 valence electrons. The summed E-state index contributed by atoms with van der Waals surface area (Å²) in [6, 6.07) is 4.81. The Morgan fingerprint density at radius 2 is 1.82 bits per heavy atom. The van der Waals surface area contributed by atoms with Crippen molar-refractivity contribution >= 4 is 11.6 Å². The van der Waals surface area contributed by atoms with Gasteiger partial charge in [0.25, 0.3) is 0 Å². The highest BCUT2D eigenvalue weighted by molar-refractivity contribution is 5.91. The Kier molecular flexibility index (Phi) is 4.45. The molecule has 0 atom stereocenters. The van der Waals surface area contributed by atoms with Crippen molar-refractivity contribution in [3.63, 3.8) is 0 Å². The molecule has 0 radical (unpaired) electrons. The number of halogens is 4. The molecule has 3 nitrogen and oxygen atoms in total. The first-order valence-corrected chi connectivity index (χ1v) is 4.57. The van der Waals surface area contributed by atoms with Crippen LogP contribution in [0.5, 0.6) is 0 Å². The first-order chi connectivity index (χ1) is 7.87. The number of hydrogen-bond donors (Lipinski definition) is 1. The quantitative estimate of drug-likeness (QED) is 0.834. The molecule has 1 amide bonds. The first kappa shape index (κ1) is 13.4. The lowest BCUT2D eigenvalue weighted by atomic mass is 10.3. The number of nitrogens with one attached hydrogen (secondary N) is 1. The van der Waals surface area contributed by atoms with Gasteiger partial charge < -0.3 is 10.1 Å². The first-order valence-electron chi connectivity index (χ1n) is 4.57. The van der Waals surface area contributed by atoms with Crippen LogP contribution in [0, 0.1) is 5.82 Å². The Hall–Kier alpha value is -1.63. The SMILES string of the molecule is O=C(COCC(F)(F)F)Nc1ccc(F)cc1. The van der Waals surface area contributed by atoms with E-state index in [1.165, 1.54) is 12.1 Å². The Labute approximate surface area is 94.4 Å². The molecule has 0 unspecified atom stereocenters. The molecule has 0 fully saturated rings. The number of ether oxygens (including phenoxy) is 1. The molecule has 0 spiro atoms. The van der Waals surface area contributed by atoms with Crippen LogP contribution in [0.25, 0.3) is 0 Å². The Morgan fingerprint density at radius 3 is 2.35 bits per heavy atom. The predicted octanol–water partition coefficient (Wildman–Crippen LogP) is 2.34. The molecule has 1 aromatic carbocycles. The molecule has 1 N–H and O–H groups in total. The monoisotopic (exact) mass is 251 g/mol. The maximum atomic E-state index is 12.5. The van der Waals surface area contributed by atoms with Crippen LogP contribution in [-0.4, -0.2) is 25.3 Å². The third-order valence-corrected chi connectivity index (χ3v) is 1.63. The van der Waals surface area contributed by atoms with E-state index < -0.39 is 31.1 Å². The van der Waals surface area contributed by atoms with E-state index in [2.05, 4.69) is 10.1 Å². The molecular formula is C10H9F4NO2. The van der Waals surface area contributed by atoms with Gasteiger partial charge in [0.1, 0.15) is 19.0 Å². The van der Waals surface area contributed by atoms with Crippen molar-refractivity contribution in [3.8, 4) is 0 Å². The number of carbonyl (C=O) groups excluding carboxylic acids is 1. The highest BCUT2D eigenvalue weighted by Gasteiger charge is 2.27. The highest BCUT2D eigenvalue weighted by atomic mass is 19.4. The zero-order valence-electron chi connectivity index (χ0n) is 8.55. The predicted molar refractivity (Wildman–Crippen MR) is 51.9 cm³/mol. The largest absolute Gasteiger partial charge is 0.411 e. The van der Waals surface area contributed by atoms with E-state index in [0.717, 1.165) is 12.1 Å². The van der Waals surface area contributed by atoms with Crippen LogP contribution in [0.4, 0.5) is 23.2 Å². The van der Waals surface area contributed by atoms with Gasteiger partial charge in [-0.2, -0.15) is 13.2 Å². The molecule has 0 aromatic heterocycles. The minimum Gasteiger partial charge on any atom is -0.362 e. The van der Waals surface area contributed by atoms with E-state index in [9.17, 15) is 22.4 Å². The summed E-state index contributed by atoms with van der Waals surface area (Å²) in [5, 5.41) is 2.26. The van der Waals surface area contributed by atoms with Crippen molar-refractivity contribution in [2.45, 2.75) is 6.18 Å². The van der Waals surface area contributed by atoms with E-state index >= 15 is 0 Å². The fourth-order valence-corrected chi connectivity index (χ4v) is 0.990. The van der Waals surface area contributed by atoms with Gasteiger partial charge in [0, 0.05) is 5.69 Å². The van der Waals surface area contributed by atoms with Crippen molar-refractivity contribution in [2.24, 2.45) is 0 Å². The summed E-state index contributed by atoms with van der Waals surface area (Å²) in [7, 11) is 0. The second kappa shape index (κ2) is 5.62. The summed E-state index contributed by atoms with van der Waals surface area (Å²) in [5.41, 5.74) is 0.284. The van der Waals surface area contributed by atoms with Crippen molar-refractivity contribution in [3.05, 3.63) is 30.1 Å². The number of hydrogen-bond acceptors (Lipinski definition) is 2. The molecule has 0 aliphatic carbocycles. The number of rotatable bonds is 4. The van der Waals surface area contributed by atoms with Crippen LogP contribution in [0.15, 0.2) is 24.3 Å². The number of anilines is 1.